The van der Waals surface area contributed by atoms with E-state index in [0.717, 1.165) is 41.1 Å². The Hall–Kier alpha value is -3.27. The lowest BCUT2D eigenvalue weighted by molar-refractivity contribution is -0.140. The van der Waals surface area contributed by atoms with Crippen LogP contribution in [-0.4, -0.2) is 50.9 Å². The van der Waals surface area contributed by atoms with E-state index in [1.807, 2.05) is 19.9 Å². The molecule has 1 aliphatic carbocycles. The van der Waals surface area contributed by atoms with Crippen molar-refractivity contribution in [1.29, 1.82) is 0 Å². The van der Waals surface area contributed by atoms with Gasteiger partial charge in [0.2, 0.25) is 11.8 Å². The van der Waals surface area contributed by atoms with Crippen LogP contribution in [0, 0.1) is 6.92 Å². The fourth-order valence-electron chi connectivity index (χ4n) is 5.26. The van der Waals surface area contributed by atoms with E-state index in [9.17, 15) is 18.0 Å². The van der Waals surface area contributed by atoms with Crippen molar-refractivity contribution in [2.45, 2.75) is 69.5 Å². The lowest BCUT2D eigenvalue weighted by Gasteiger charge is -2.34. The Kier molecular flexibility index (Phi) is 11.0. The van der Waals surface area contributed by atoms with Gasteiger partial charge in [0.1, 0.15) is 18.3 Å². The maximum Gasteiger partial charge on any atom is 0.264 e. The van der Waals surface area contributed by atoms with Gasteiger partial charge in [-0.15, -0.1) is 0 Å². The van der Waals surface area contributed by atoms with Gasteiger partial charge in [0.15, 0.2) is 0 Å². The van der Waals surface area contributed by atoms with Gasteiger partial charge < -0.3 is 15.0 Å². The fraction of sp³-hybridized carbons (Fsp3) is 0.375. The third-order valence-electron chi connectivity index (χ3n) is 7.65. The maximum absolute atomic E-state index is 14.3. The Morgan fingerprint density at radius 1 is 1.00 bits per heavy atom. The van der Waals surface area contributed by atoms with Gasteiger partial charge in [0.25, 0.3) is 10.0 Å². The van der Waals surface area contributed by atoms with E-state index in [-0.39, 0.29) is 39.1 Å². The molecule has 230 valence electrons. The van der Waals surface area contributed by atoms with Crippen LogP contribution in [0.4, 0.5) is 5.69 Å². The molecule has 3 aromatic rings. The molecule has 1 atom stereocenters. The Morgan fingerprint density at radius 2 is 1.70 bits per heavy atom. The number of amides is 2. The number of aryl methyl sites for hydroxylation is 1. The van der Waals surface area contributed by atoms with Crippen molar-refractivity contribution in [2.24, 2.45) is 0 Å². The minimum atomic E-state index is -4.22. The molecule has 0 spiro atoms. The van der Waals surface area contributed by atoms with Crippen molar-refractivity contribution in [3.8, 4) is 5.75 Å². The molecule has 8 nitrogen and oxygen atoms in total. The predicted octanol–water partition coefficient (Wildman–Crippen LogP) is 6.37. The van der Waals surface area contributed by atoms with Crippen LogP contribution in [-0.2, 0) is 26.2 Å². The Labute approximate surface area is 264 Å². The Balaban J connectivity index is 1.74. The highest BCUT2D eigenvalue weighted by molar-refractivity contribution is 7.92. The Bertz CT molecular complexity index is 1540. The van der Waals surface area contributed by atoms with E-state index in [1.165, 1.54) is 35.2 Å². The molecule has 2 amide bonds. The second-order valence-corrected chi connectivity index (χ2v) is 13.4. The van der Waals surface area contributed by atoms with Gasteiger partial charge in [-0.3, -0.25) is 13.9 Å². The average Bonchev–Trinajstić information content (AvgIpc) is 3.50. The summed E-state index contributed by atoms with van der Waals surface area (Å²) >= 11 is 12.4. The number of nitrogens with one attached hydrogen (secondary N) is 1. The van der Waals surface area contributed by atoms with Gasteiger partial charge in [-0.2, -0.15) is 0 Å². The van der Waals surface area contributed by atoms with Crippen molar-refractivity contribution >= 4 is 50.7 Å². The summed E-state index contributed by atoms with van der Waals surface area (Å²) < 4.78 is 34.4. The molecule has 0 saturated heterocycles. The molecule has 0 unspecified atom stereocenters. The van der Waals surface area contributed by atoms with Crippen molar-refractivity contribution in [1.82, 2.24) is 10.2 Å². The highest BCUT2D eigenvalue weighted by atomic mass is 35.5. The van der Waals surface area contributed by atoms with Crippen molar-refractivity contribution in [3.05, 3.63) is 87.9 Å². The van der Waals surface area contributed by atoms with Crippen molar-refractivity contribution in [2.75, 3.05) is 18.0 Å². The van der Waals surface area contributed by atoms with E-state index in [1.54, 1.807) is 37.4 Å². The van der Waals surface area contributed by atoms with Gasteiger partial charge in [-0.25, -0.2) is 8.42 Å². The van der Waals surface area contributed by atoms with Crippen LogP contribution in [0.15, 0.2) is 71.6 Å². The summed E-state index contributed by atoms with van der Waals surface area (Å²) in [7, 11) is -2.67. The molecule has 43 heavy (non-hydrogen) atoms. The number of halogens is 2. The van der Waals surface area contributed by atoms with Crippen LogP contribution in [0.5, 0.6) is 5.75 Å². The molecule has 1 N–H and O–H groups in total. The smallest absolute Gasteiger partial charge is 0.264 e. The van der Waals surface area contributed by atoms with E-state index in [0.29, 0.717) is 12.2 Å². The molecule has 11 heteroatoms. The zero-order valence-electron chi connectivity index (χ0n) is 24.6. The van der Waals surface area contributed by atoms with Crippen molar-refractivity contribution in [3.63, 3.8) is 0 Å². The van der Waals surface area contributed by atoms with Gasteiger partial charge >= 0.3 is 0 Å². The summed E-state index contributed by atoms with van der Waals surface area (Å²) in [5.41, 5.74) is 1.80. The second-order valence-electron chi connectivity index (χ2n) is 10.7. The third-order valence-corrected chi connectivity index (χ3v) is 10.2. The number of hydrogen-bond donors (Lipinski definition) is 1. The molecule has 0 aromatic heterocycles. The first kappa shape index (κ1) is 32.6. The van der Waals surface area contributed by atoms with Crippen LogP contribution in [0.2, 0.25) is 10.0 Å². The molecule has 1 saturated carbocycles. The molecule has 1 aliphatic rings. The summed E-state index contributed by atoms with van der Waals surface area (Å²) in [5.74, 6) is -0.195. The van der Waals surface area contributed by atoms with Gasteiger partial charge in [0.05, 0.1) is 27.7 Å². The summed E-state index contributed by atoms with van der Waals surface area (Å²) in [4.78, 5) is 29.3. The standard InChI is InChI=1S/C32H37Cl2N3O5S/c1-4-30(32(39)35-24-9-5-6-10-24)36(20-23-8-7-11-26(18-23)42-3)31(38)21-37(25-14-17-28(33)29(34)19-25)43(40,41)27-15-12-22(2)13-16-27/h7-8,11-19,24,30H,4-6,9-10,20-21H2,1-3H3,(H,35,39)/t30-/m0/s1. The molecule has 3 aromatic carbocycles. The van der Waals surface area contributed by atoms with Crippen LogP contribution < -0.4 is 14.4 Å². The number of rotatable bonds is 12. The summed E-state index contributed by atoms with van der Waals surface area (Å²) in [6, 6.07) is 17.3. The molecule has 0 radical (unpaired) electrons. The highest BCUT2D eigenvalue weighted by Gasteiger charge is 2.34. The molecular weight excluding hydrogens is 609 g/mol. The first-order valence-corrected chi connectivity index (χ1v) is 16.5. The number of benzene rings is 3. The predicted molar refractivity (Wildman–Crippen MR) is 170 cm³/mol. The second kappa shape index (κ2) is 14.5. The maximum atomic E-state index is 14.3. The SMILES string of the molecule is CC[C@@H](C(=O)NC1CCCC1)N(Cc1cccc(OC)c1)C(=O)CN(c1ccc(Cl)c(Cl)c1)S(=O)(=O)c1ccc(C)cc1. The molecular formula is C32H37Cl2N3O5S. The van der Waals surface area contributed by atoms with Crippen molar-refractivity contribution < 1.29 is 22.7 Å². The van der Waals surface area contributed by atoms with Crippen LogP contribution in [0.1, 0.15) is 50.2 Å². The number of nitrogens with zero attached hydrogens (tertiary/aromatic N) is 2. The van der Waals surface area contributed by atoms with E-state index >= 15 is 0 Å². The zero-order valence-corrected chi connectivity index (χ0v) is 26.9. The number of sulfonamides is 1. The number of carbonyl (C=O) groups excluding carboxylic acids is 2. The number of ether oxygens (including phenoxy) is 1. The van der Waals surface area contributed by atoms with Gasteiger partial charge in [-0.05, 0) is 74.2 Å². The van der Waals surface area contributed by atoms with E-state index < -0.39 is 28.5 Å². The fourth-order valence-corrected chi connectivity index (χ4v) is 6.96. The minimum absolute atomic E-state index is 0.0161. The first-order valence-electron chi connectivity index (χ1n) is 14.3. The van der Waals surface area contributed by atoms with Crippen LogP contribution in [0.3, 0.4) is 0 Å². The number of carbonyl (C=O) groups is 2. The van der Waals surface area contributed by atoms with E-state index in [4.69, 9.17) is 27.9 Å². The lowest BCUT2D eigenvalue weighted by Crippen LogP contribution is -2.53. The topological polar surface area (TPSA) is 96.0 Å². The molecule has 4 rings (SSSR count). The first-order chi connectivity index (χ1) is 20.5. The highest BCUT2D eigenvalue weighted by Crippen LogP contribution is 2.31. The zero-order chi connectivity index (χ0) is 31.1. The monoisotopic (exact) mass is 645 g/mol. The molecule has 0 heterocycles. The number of anilines is 1. The largest absolute Gasteiger partial charge is 0.497 e. The summed E-state index contributed by atoms with van der Waals surface area (Å²) in [6.45, 7) is 3.21. The molecule has 1 fully saturated rings. The Morgan fingerprint density at radius 3 is 2.33 bits per heavy atom. The summed E-state index contributed by atoms with van der Waals surface area (Å²) in [5, 5.41) is 3.51. The van der Waals surface area contributed by atoms with Crippen LogP contribution in [0.25, 0.3) is 0 Å². The van der Waals surface area contributed by atoms with Crippen LogP contribution >= 0.6 is 23.2 Å². The normalized spacial score (nSPS) is 14.3. The quantitative estimate of drug-likeness (QED) is 0.247. The molecule has 0 aliphatic heterocycles. The third kappa shape index (κ3) is 8.02. The van der Waals surface area contributed by atoms with Gasteiger partial charge in [-0.1, -0.05) is 72.8 Å². The number of methoxy groups -OCH3 is 1. The average molecular weight is 647 g/mol. The van der Waals surface area contributed by atoms with Gasteiger partial charge in [0, 0.05) is 12.6 Å². The summed E-state index contributed by atoms with van der Waals surface area (Å²) in [6.07, 6.45) is 4.22. The minimum Gasteiger partial charge on any atom is -0.497 e. The lowest BCUT2D eigenvalue weighted by atomic mass is 10.1. The van der Waals surface area contributed by atoms with E-state index in [2.05, 4.69) is 5.32 Å². The number of hydrogen-bond acceptors (Lipinski definition) is 5. The molecule has 0 bridgehead atoms.